The van der Waals surface area contributed by atoms with E-state index in [2.05, 4.69) is 15.4 Å². The fourth-order valence-electron chi connectivity index (χ4n) is 2.64. The summed E-state index contributed by atoms with van der Waals surface area (Å²) in [5.74, 6) is -0.127. The van der Waals surface area contributed by atoms with Crippen LogP contribution in [0, 0.1) is 0 Å². The van der Waals surface area contributed by atoms with Crippen LogP contribution in [0.3, 0.4) is 0 Å². The van der Waals surface area contributed by atoms with E-state index in [4.69, 9.17) is 23.2 Å². The van der Waals surface area contributed by atoms with Gasteiger partial charge in [0.25, 0.3) is 5.91 Å². The van der Waals surface area contributed by atoms with Gasteiger partial charge in [0.15, 0.2) is 6.54 Å². The molecule has 2 N–H and O–H groups in total. The summed E-state index contributed by atoms with van der Waals surface area (Å²) in [6, 6.07) is 12.9. The van der Waals surface area contributed by atoms with Crippen molar-refractivity contribution in [1.82, 2.24) is 14.8 Å². The molecule has 0 aliphatic heterocycles. The van der Waals surface area contributed by atoms with Gasteiger partial charge in [-0.25, -0.2) is 9.67 Å². The molecular weight excluding hydrogens is 373 g/mol. The molecule has 1 heterocycles. The molecule has 1 amide bonds. The lowest BCUT2D eigenvalue weighted by atomic mass is 10.2. The average molecular weight is 391 g/mol. The van der Waals surface area contributed by atoms with Gasteiger partial charge in [0.2, 0.25) is 0 Å². The Bertz CT molecular complexity index is 898. The average Bonchev–Trinajstić information content (AvgIpc) is 3.11. The highest BCUT2D eigenvalue weighted by molar-refractivity contribution is 6.31. The molecule has 0 saturated heterocycles. The Labute approximate surface area is 161 Å². The zero-order valence-corrected chi connectivity index (χ0v) is 15.6. The van der Waals surface area contributed by atoms with Crippen molar-refractivity contribution in [3.8, 4) is 5.69 Å². The number of carbonyl (C=O) groups excluding carboxylic acids is 1. The second kappa shape index (κ2) is 8.31. The summed E-state index contributed by atoms with van der Waals surface area (Å²) in [5.41, 5.74) is 2.29. The molecule has 26 heavy (non-hydrogen) atoms. The SMILES string of the molecule is C[NH+](CC(=O)Nc1cc(Cl)ccc1-n1cncn1)Cc1ccccc1Cl. The molecule has 0 aliphatic rings. The molecule has 1 unspecified atom stereocenters. The lowest BCUT2D eigenvalue weighted by molar-refractivity contribution is -0.885. The van der Waals surface area contributed by atoms with Gasteiger partial charge in [-0.1, -0.05) is 41.4 Å². The Kier molecular flexibility index (Phi) is 5.88. The molecular formula is C18H18Cl2N5O+. The number of halogens is 2. The molecule has 0 aliphatic carbocycles. The van der Waals surface area contributed by atoms with Crippen molar-refractivity contribution in [3.63, 3.8) is 0 Å². The largest absolute Gasteiger partial charge is 0.326 e. The highest BCUT2D eigenvalue weighted by Gasteiger charge is 2.15. The van der Waals surface area contributed by atoms with Gasteiger partial charge in [-0.3, -0.25) is 4.79 Å². The summed E-state index contributed by atoms with van der Waals surface area (Å²) in [5, 5.41) is 8.24. The number of hydrogen-bond acceptors (Lipinski definition) is 3. The number of aromatic nitrogens is 3. The van der Waals surface area contributed by atoms with E-state index < -0.39 is 0 Å². The van der Waals surface area contributed by atoms with Gasteiger partial charge in [0.05, 0.1) is 18.4 Å². The summed E-state index contributed by atoms with van der Waals surface area (Å²) < 4.78 is 1.58. The molecule has 1 atom stereocenters. The minimum atomic E-state index is -0.127. The van der Waals surface area contributed by atoms with Crippen LogP contribution in [0.4, 0.5) is 5.69 Å². The molecule has 0 bridgehead atoms. The standard InChI is InChI=1S/C18H17Cl2N5O/c1-24(9-13-4-2-3-5-15(13)20)10-18(26)23-16-8-14(19)6-7-17(16)25-12-21-11-22-25/h2-8,11-12H,9-10H2,1H3,(H,23,26)/p+1. The smallest absolute Gasteiger partial charge is 0.279 e. The summed E-state index contributed by atoms with van der Waals surface area (Å²) in [7, 11) is 1.94. The molecule has 6 nitrogen and oxygen atoms in total. The zero-order chi connectivity index (χ0) is 18.5. The van der Waals surface area contributed by atoms with Gasteiger partial charge in [-0.2, -0.15) is 5.10 Å². The zero-order valence-electron chi connectivity index (χ0n) is 14.1. The molecule has 0 radical (unpaired) electrons. The van der Waals surface area contributed by atoms with Crippen LogP contribution in [-0.2, 0) is 11.3 Å². The summed E-state index contributed by atoms with van der Waals surface area (Å²) in [6.07, 6.45) is 3.00. The van der Waals surface area contributed by atoms with Crippen molar-refractivity contribution in [2.45, 2.75) is 6.54 Å². The molecule has 8 heteroatoms. The molecule has 3 aromatic rings. The van der Waals surface area contributed by atoms with Crippen LogP contribution in [0.5, 0.6) is 0 Å². The van der Waals surface area contributed by atoms with E-state index in [0.29, 0.717) is 28.0 Å². The third-order valence-corrected chi connectivity index (χ3v) is 4.41. The Morgan fingerprint density at radius 3 is 2.77 bits per heavy atom. The van der Waals surface area contributed by atoms with E-state index in [0.717, 1.165) is 10.5 Å². The van der Waals surface area contributed by atoms with Gasteiger partial charge in [0, 0.05) is 15.6 Å². The first-order valence-corrected chi connectivity index (χ1v) is 8.77. The van der Waals surface area contributed by atoms with Crippen molar-refractivity contribution in [2.24, 2.45) is 0 Å². The second-order valence-corrected chi connectivity index (χ2v) is 6.80. The Morgan fingerprint density at radius 1 is 1.23 bits per heavy atom. The van der Waals surface area contributed by atoms with E-state index in [1.54, 1.807) is 29.2 Å². The molecule has 0 spiro atoms. The number of nitrogens with zero attached hydrogens (tertiary/aromatic N) is 3. The predicted octanol–water partition coefficient (Wildman–Crippen LogP) is 2.23. The highest BCUT2D eigenvalue weighted by Crippen LogP contribution is 2.23. The van der Waals surface area contributed by atoms with E-state index in [-0.39, 0.29) is 12.5 Å². The van der Waals surface area contributed by atoms with E-state index in [1.165, 1.54) is 6.33 Å². The minimum Gasteiger partial charge on any atom is -0.326 e. The van der Waals surface area contributed by atoms with E-state index >= 15 is 0 Å². The van der Waals surface area contributed by atoms with Crippen LogP contribution in [0.15, 0.2) is 55.1 Å². The number of likely N-dealkylation sites (N-methyl/N-ethyl adjacent to an activating group) is 1. The van der Waals surface area contributed by atoms with Crippen molar-refractivity contribution in [3.05, 3.63) is 70.7 Å². The number of anilines is 1. The molecule has 1 aromatic heterocycles. The van der Waals surface area contributed by atoms with Crippen LogP contribution in [0.2, 0.25) is 10.0 Å². The molecule has 0 saturated carbocycles. The fraction of sp³-hybridized carbons (Fsp3) is 0.167. The summed E-state index contributed by atoms with van der Waals surface area (Å²) in [4.78, 5) is 17.4. The minimum absolute atomic E-state index is 0.127. The number of rotatable bonds is 6. The second-order valence-electron chi connectivity index (χ2n) is 5.95. The number of hydrogen-bond donors (Lipinski definition) is 2. The number of nitrogens with one attached hydrogen (secondary N) is 2. The Hall–Kier alpha value is -2.41. The normalized spacial score (nSPS) is 12.0. The number of amides is 1. The van der Waals surface area contributed by atoms with Gasteiger partial charge in [0.1, 0.15) is 19.2 Å². The first-order valence-electron chi connectivity index (χ1n) is 8.02. The topological polar surface area (TPSA) is 64.2 Å². The maximum atomic E-state index is 12.5. The molecule has 2 aromatic carbocycles. The van der Waals surface area contributed by atoms with Crippen LogP contribution < -0.4 is 10.2 Å². The Morgan fingerprint density at radius 2 is 2.04 bits per heavy atom. The van der Waals surface area contributed by atoms with Gasteiger partial charge in [-0.15, -0.1) is 0 Å². The van der Waals surface area contributed by atoms with Crippen LogP contribution >= 0.6 is 23.2 Å². The van der Waals surface area contributed by atoms with Crippen molar-refractivity contribution in [2.75, 3.05) is 18.9 Å². The highest BCUT2D eigenvalue weighted by atomic mass is 35.5. The van der Waals surface area contributed by atoms with Crippen LogP contribution in [-0.4, -0.2) is 34.3 Å². The number of carbonyl (C=O) groups is 1. The fourth-order valence-corrected chi connectivity index (χ4v) is 3.01. The van der Waals surface area contributed by atoms with Crippen LogP contribution in [0.25, 0.3) is 5.69 Å². The molecule has 0 fully saturated rings. The van der Waals surface area contributed by atoms with Crippen molar-refractivity contribution < 1.29 is 9.69 Å². The van der Waals surface area contributed by atoms with Crippen LogP contribution in [0.1, 0.15) is 5.56 Å². The third-order valence-electron chi connectivity index (χ3n) is 3.81. The Balaban J connectivity index is 1.68. The monoisotopic (exact) mass is 390 g/mol. The van der Waals surface area contributed by atoms with Gasteiger partial charge < -0.3 is 10.2 Å². The van der Waals surface area contributed by atoms with E-state index in [1.807, 2.05) is 31.3 Å². The van der Waals surface area contributed by atoms with Gasteiger partial charge in [-0.05, 0) is 24.3 Å². The van der Waals surface area contributed by atoms with Crippen molar-refractivity contribution in [1.29, 1.82) is 0 Å². The summed E-state index contributed by atoms with van der Waals surface area (Å²) in [6.45, 7) is 0.938. The first-order chi connectivity index (χ1) is 12.5. The maximum Gasteiger partial charge on any atom is 0.279 e. The number of benzene rings is 2. The quantitative estimate of drug-likeness (QED) is 0.678. The number of quaternary nitrogens is 1. The lowest BCUT2D eigenvalue weighted by Gasteiger charge is -2.16. The summed E-state index contributed by atoms with van der Waals surface area (Å²) >= 11 is 12.3. The molecule has 3 rings (SSSR count). The predicted molar refractivity (Wildman–Crippen MR) is 102 cm³/mol. The third kappa shape index (κ3) is 4.60. The van der Waals surface area contributed by atoms with E-state index in [9.17, 15) is 4.79 Å². The maximum absolute atomic E-state index is 12.5. The molecule has 134 valence electrons. The first kappa shape index (κ1) is 18.4. The van der Waals surface area contributed by atoms with Gasteiger partial charge >= 0.3 is 0 Å². The lowest BCUT2D eigenvalue weighted by Crippen LogP contribution is -3.08. The van der Waals surface area contributed by atoms with Crippen molar-refractivity contribution >= 4 is 34.8 Å².